The van der Waals surface area contributed by atoms with E-state index in [4.69, 9.17) is 18.9 Å². The number of esters is 1. The molecule has 2 aromatic carbocycles. The molecule has 0 bridgehead atoms. The van der Waals surface area contributed by atoms with Gasteiger partial charge in [-0.2, -0.15) is 0 Å². The first-order valence-electron chi connectivity index (χ1n) is 11.3. The quantitative estimate of drug-likeness (QED) is 0.352. The van der Waals surface area contributed by atoms with Gasteiger partial charge in [0.15, 0.2) is 17.5 Å². The van der Waals surface area contributed by atoms with E-state index < -0.39 is 35.7 Å². The number of benzene rings is 2. The minimum absolute atomic E-state index is 0.0335. The van der Waals surface area contributed by atoms with E-state index in [1.165, 1.54) is 21.3 Å². The second-order valence-electron chi connectivity index (χ2n) is 8.99. The summed E-state index contributed by atoms with van der Waals surface area (Å²) in [5.74, 6) is -1.04. The Hall–Kier alpha value is -3.79. The largest absolute Gasteiger partial charge is 0.493 e. The highest BCUT2D eigenvalue weighted by Crippen LogP contribution is 2.28. The molecule has 10 heteroatoms. The van der Waals surface area contributed by atoms with Crippen molar-refractivity contribution < 1.29 is 38.4 Å². The highest BCUT2D eigenvalue weighted by Gasteiger charge is 2.37. The Labute approximate surface area is 211 Å². The van der Waals surface area contributed by atoms with Crippen LogP contribution in [0.4, 0.5) is 4.79 Å². The third-order valence-corrected chi connectivity index (χ3v) is 5.13. The SMILES string of the molecule is COC(=O)[C@H](Cc1ccccc1)N(N[C@@H](Cc1ccc(OC)c(OC)c1)C(=O)O)C(=O)OC(C)(C)C. The summed E-state index contributed by atoms with van der Waals surface area (Å²) in [5.41, 5.74) is 3.17. The maximum Gasteiger partial charge on any atom is 0.425 e. The van der Waals surface area contributed by atoms with Crippen LogP contribution in [0.1, 0.15) is 31.9 Å². The zero-order valence-corrected chi connectivity index (χ0v) is 21.4. The Balaban J connectivity index is 2.43. The van der Waals surface area contributed by atoms with Crippen molar-refractivity contribution in [3.63, 3.8) is 0 Å². The summed E-state index contributed by atoms with van der Waals surface area (Å²) in [6, 6.07) is 11.5. The fourth-order valence-electron chi connectivity index (χ4n) is 3.43. The molecule has 10 nitrogen and oxygen atoms in total. The Kier molecular flexibility index (Phi) is 10.1. The molecule has 0 aliphatic carbocycles. The molecule has 0 aromatic heterocycles. The molecular weight excluding hydrogens is 468 g/mol. The maximum atomic E-state index is 13.2. The van der Waals surface area contributed by atoms with Gasteiger partial charge in [-0.25, -0.2) is 20.0 Å². The van der Waals surface area contributed by atoms with Gasteiger partial charge >= 0.3 is 18.0 Å². The molecule has 0 aliphatic rings. The van der Waals surface area contributed by atoms with Crippen molar-refractivity contribution in [2.75, 3.05) is 21.3 Å². The van der Waals surface area contributed by atoms with Gasteiger partial charge in [-0.3, -0.25) is 4.79 Å². The molecule has 36 heavy (non-hydrogen) atoms. The first-order chi connectivity index (χ1) is 17.0. The third kappa shape index (κ3) is 8.16. The number of amides is 1. The summed E-state index contributed by atoms with van der Waals surface area (Å²) >= 11 is 0. The van der Waals surface area contributed by atoms with E-state index in [1.807, 2.05) is 6.07 Å². The van der Waals surface area contributed by atoms with Crippen LogP contribution in [0.5, 0.6) is 11.5 Å². The lowest BCUT2D eigenvalue weighted by atomic mass is 10.0. The van der Waals surface area contributed by atoms with E-state index in [1.54, 1.807) is 63.2 Å². The number of hydrazine groups is 1. The number of rotatable bonds is 11. The smallest absolute Gasteiger partial charge is 0.425 e. The molecule has 0 saturated carbocycles. The lowest BCUT2D eigenvalue weighted by molar-refractivity contribution is -0.151. The van der Waals surface area contributed by atoms with Crippen molar-refractivity contribution in [2.45, 2.75) is 51.3 Å². The molecule has 1 amide bonds. The van der Waals surface area contributed by atoms with Gasteiger partial charge in [0.05, 0.1) is 21.3 Å². The van der Waals surface area contributed by atoms with E-state index in [9.17, 15) is 19.5 Å². The first-order valence-corrected chi connectivity index (χ1v) is 11.3. The Morgan fingerprint density at radius 1 is 0.917 bits per heavy atom. The van der Waals surface area contributed by atoms with Crippen LogP contribution in [0, 0.1) is 0 Å². The van der Waals surface area contributed by atoms with Crippen molar-refractivity contribution >= 4 is 18.0 Å². The van der Waals surface area contributed by atoms with Crippen molar-refractivity contribution in [1.82, 2.24) is 10.4 Å². The molecule has 0 saturated heterocycles. The molecule has 2 atom stereocenters. The zero-order valence-electron chi connectivity index (χ0n) is 21.4. The number of ether oxygens (including phenoxy) is 4. The van der Waals surface area contributed by atoms with E-state index in [2.05, 4.69) is 5.43 Å². The number of carboxylic acids is 1. The number of nitrogens with one attached hydrogen (secondary N) is 1. The van der Waals surface area contributed by atoms with Crippen LogP contribution < -0.4 is 14.9 Å². The average molecular weight is 503 g/mol. The van der Waals surface area contributed by atoms with Gasteiger partial charge < -0.3 is 24.1 Å². The molecule has 2 rings (SSSR count). The highest BCUT2D eigenvalue weighted by molar-refractivity contribution is 5.82. The Morgan fingerprint density at radius 3 is 2.08 bits per heavy atom. The zero-order chi connectivity index (χ0) is 26.9. The summed E-state index contributed by atoms with van der Waals surface area (Å²) < 4.78 is 21.0. The van der Waals surface area contributed by atoms with Crippen molar-refractivity contribution in [2.24, 2.45) is 0 Å². The molecule has 0 aliphatic heterocycles. The van der Waals surface area contributed by atoms with Crippen molar-refractivity contribution in [3.05, 3.63) is 59.7 Å². The van der Waals surface area contributed by atoms with Gasteiger partial charge in [0.25, 0.3) is 0 Å². The predicted molar refractivity (Wildman–Crippen MR) is 132 cm³/mol. The molecule has 196 valence electrons. The Morgan fingerprint density at radius 2 is 1.56 bits per heavy atom. The number of nitrogens with zero attached hydrogens (tertiary/aromatic N) is 1. The molecule has 0 spiro atoms. The summed E-state index contributed by atoms with van der Waals surface area (Å²) in [5, 5.41) is 10.9. The average Bonchev–Trinajstić information content (AvgIpc) is 2.84. The third-order valence-electron chi connectivity index (χ3n) is 5.13. The predicted octanol–water partition coefficient (Wildman–Crippen LogP) is 3.23. The molecule has 0 radical (unpaired) electrons. The van der Waals surface area contributed by atoms with Crippen molar-refractivity contribution in [1.29, 1.82) is 0 Å². The fraction of sp³-hybridized carbons (Fsp3) is 0.423. The van der Waals surface area contributed by atoms with Crippen LogP contribution in [0.15, 0.2) is 48.5 Å². The molecule has 0 unspecified atom stereocenters. The number of aliphatic carboxylic acids is 1. The highest BCUT2D eigenvalue weighted by atomic mass is 16.6. The van der Waals surface area contributed by atoms with Gasteiger partial charge in [0.2, 0.25) is 0 Å². The minimum Gasteiger partial charge on any atom is -0.493 e. The number of hydrogen-bond donors (Lipinski definition) is 2. The maximum absolute atomic E-state index is 13.2. The van der Waals surface area contributed by atoms with Crippen LogP contribution in [-0.4, -0.2) is 67.2 Å². The van der Waals surface area contributed by atoms with Gasteiger partial charge in [0.1, 0.15) is 11.6 Å². The van der Waals surface area contributed by atoms with E-state index >= 15 is 0 Å². The summed E-state index contributed by atoms with van der Waals surface area (Å²) in [4.78, 5) is 38.2. The molecule has 0 fully saturated rings. The monoisotopic (exact) mass is 502 g/mol. The molecule has 0 heterocycles. The summed E-state index contributed by atoms with van der Waals surface area (Å²) in [6.45, 7) is 5.02. The van der Waals surface area contributed by atoms with Crippen LogP contribution in [0.25, 0.3) is 0 Å². The van der Waals surface area contributed by atoms with Gasteiger partial charge in [-0.15, -0.1) is 0 Å². The van der Waals surface area contributed by atoms with Crippen LogP contribution in [-0.2, 0) is 31.9 Å². The Bertz CT molecular complexity index is 1040. The minimum atomic E-state index is -1.29. The normalized spacial score (nSPS) is 12.7. The second-order valence-corrected chi connectivity index (χ2v) is 8.99. The van der Waals surface area contributed by atoms with Crippen LogP contribution in [0.2, 0.25) is 0 Å². The van der Waals surface area contributed by atoms with E-state index in [0.717, 1.165) is 10.6 Å². The first kappa shape index (κ1) is 28.4. The summed E-state index contributed by atoms with van der Waals surface area (Å²) in [6.07, 6.45) is -0.871. The molecular formula is C26H34N2O8. The summed E-state index contributed by atoms with van der Waals surface area (Å²) in [7, 11) is 4.17. The van der Waals surface area contributed by atoms with E-state index in [-0.39, 0.29) is 12.8 Å². The fourth-order valence-corrected chi connectivity index (χ4v) is 3.43. The number of carboxylic acid groups (broad SMARTS) is 1. The van der Waals surface area contributed by atoms with Crippen LogP contribution in [0.3, 0.4) is 0 Å². The second kappa shape index (κ2) is 12.8. The van der Waals surface area contributed by atoms with Crippen molar-refractivity contribution in [3.8, 4) is 11.5 Å². The van der Waals surface area contributed by atoms with Gasteiger partial charge in [-0.05, 0) is 44.0 Å². The standard InChI is InChI=1S/C26H34N2O8/c1-26(2,3)36-25(32)28(20(24(31)35-6)15-17-10-8-7-9-11-17)27-19(23(29)30)14-18-12-13-21(33-4)22(16-18)34-5/h7-13,16,19-20,27H,14-15H2,1-6H3,(H,29,30)/t19-,20-/m0/s1. The number of hydrogen-bond acceptors (Lipinski definition) is 8. The van der Waals surface area contributed by atoms with Crippen LogP contribution >= 0.6 is 0 Å². The lowest BCUT2D eigenvalue weighted by Gasteiger charge is -2.34. The van der Waals surface area contributed by atoms with E-state index in [0.29, 0.717) is 17.1 Å². The number of carbonyl (C=O) groups excluding carboxylic acids is 2. The molecule has 2 aromatic rings. The number of methoxy groups -OCH3 is 3. The number of carbonyl (C=O) groups is 3. The van der Waals surface area contributed by atoms with Gasteiger partial charge in [0, 0.05) is 12.8 Å². The lowest BCUT2D eigenvalue weighted by Crippen LogP contribution is -2.60. The topological polar surface area (TPSA) is 124 Å². The molecule has 2 N–H and O–H groups in total. The van der Waals surface area contributed by atoms with Gasteiger partial charge in [-0.1, -0.05) is 36.4 Å².